The van der Waals surface area contributed by atoms with Crippen LogP contribution in [-0.2, 0) is 22.5 Å². The Balaban J connectivity index is 0. The Morgan fingerprint density at radius 2 is 1.11 bits per heavy atom. The van der Waals surface area contributed by atoms with Crippen LogP contribution in [0.2, 0.25) is 0 Å². The molecule has 0 rings (SSSR count). The Morgan fingerprint density at radius 1 is 0.842 bits per heavy atom. The van der Waals surface area contributed by atoms with Gasteiger partial charge >= 0.3 is 33.2 Å². The van der Waals surface area contributed by atoms with E-state index >= 15 is 0 Å². The summed E-state index contributed by atoms with van der Waals surface area (Å²) in [5, 5.41) is 0. The molecule has 0 saturated carbocycles. The average molecular weight is 354 g/mol. The van der Waals surface area contributed by atoms with Crippen LogP contribution in [0, 0.1) is 0 Å². The van der Waals surface area contributed by atoms with Crippen LogP contribution >= 0.6 is 20.3 Å². The summed E-state index contributed by atoms with van der Waals surface area (Å²) in [5.74, 6) is 0.245. The molecule has 0 aromatic heterocycles. The van der Waals surface area contributed by atoms with Gasteiger partial charge in [0.2, 0.25) is 0 Å². The molecular weight excluding hydrogens is 334 g/mol. The van der Waals surface area contributed by atoms with Crippen LogP contribution in [0.1, 0.15) is 40.5 Å². The second kappa shape index (κ2) is 14.2. The fourth-order valence-corrected chi connectivity index (χ4v) is 1.31. The normalized spacial score (nSPS) is 11.9. The van der Waals surface area contributed by atoms with Crippen molar-refractivity contribution in [1.29, 1.82) is 0 Å². The first-order chi connectivity index (χ1) is 8.83. The Bertz CT molecular complexity index is 313. The standard InChI is InChI=1S/C12H20N2O2.2ClH.Co/c1-9(7-11(3)15)13-5-6-14-10(2)8-12(4)16;;;/h5-8H2,1-4H3;2*1H;/q;;;+2/p-2. The molecule has 0 atom stereocenters. The van der Waals surface area contributed by atoms with E-state index in [0.29, 0.717) is 38.8 Å². The first-order valence-electron chi connectivity index (χ1n) is 5.65. The number of rotatable bonds is 7. The maximum absolute atomic E-state index is 10.8. The molecular formula is C12H20Cl2CoN2O2. The number of aliphatic imine (C=N–C) groups is 2. The van der Waals surface area contributed by atoms with Crippen LogP contribution in [0.4, 0.5) is 0 Å². The van der Waals surface area contributed by atoms with Gasteiger partial charge < -0.3 is 0 Å². The molecule has 0 aromatic carbocycles. The number of ketones is 2. The predicted octanol–water partition coefficient (Wildman–Crippen LogP) is 3.24. The fraction of sp³-hybridized carbons (Fsp3) is 0.667. The molecule has 0 N–H and O–H groups in total. The summed E-state index contributed by atoms with van der Waals surface area (Å²) in [6.07, 6.45) is 0.826. The topological polar surface area (TPSA) is 58.9 Å². The molecule has 113 valence electrons. The first-order valence-corrected chi connectivity index (χ1v) is 8.52. The van der Waals surface area contributed by atoms with E-state index in [1.807, 2.05) is 13.8 Å². The van der Waals surface area contributed by atoms with E-state index in [-0.39, 0.29) is 11.6 Å². The summed E-state index contributed by atoms with van der Waals surface area (Å²) in [7, 11) is 9.47. The van der Waals surface area contributed by atoms with E-state index in [1.165, 1.54) is 0 Å². The van der Waals surface area contributed by atoms with Crippen LogP contribution < -0.4 is 0 Å². The molecule has 7 heteroatoms. The maximum atomic E-state index is 10.8. The minimum absolute atomic E-state index is 0.123. The van der Waals surface area contributed by atoms with Crippen molar-refractivity contribution in [2.24, 2.45) is 9.98 Å². The molecule has 0 saturated heterocycles. The summed E-state index contributed by atoms with van der Waals surface area (Å²) in [4.78, 5) is 30.0. The zero-order valence-electron chi connectivity index (χ0n) is 11.6. The summed E-state index contributed by atoms with van der Waals surface area (Å²) in [5.41, 5.74) is 1.68. The second-order valence-electron chi connectivity index (χ2n) is 4.04. The van der Waals surface area contributed by atoms with Crippen molar-refractivity contribution in [2.75, 3.05) is 13.1 Å². The van der Waals surface area contributed by atoms with Gasteiger partial charge in [-0.05, 0) is 27.7 Å². The van der Waals surface area contributed by atoms with E-state index in [9.17, 15) is 9.59 Å². The van der Waals surface area contributed by atoms with Crippen molar-refractivity contribution >= 4 is 43.3 Å². The first kappa shape index (κ1) is 21.1. The van der Waals surface area contributed by atoms with Gasteiger partial charge in [0.1, 0.15) is 11.6 Å². The molecule has 0 aliphatic carbocycles. The van der Waals surface area contributed by atoms with Crippen LogP contribution in [0.15, 0.2) is 9.98 Å². The summed E-state index contributed by atoms with van der Waals surface area (Å²) < 4.78 is 0. The number of hydrogen-bond acceptors (Lipinski definition) is 4. The molecule has 19 heavy (non-hydrogen) atoms. The third-order valence-electron chi connectivity index (χ3n) is 1.87. The number of Topliss-reactive ketones (excluding diaryl/α,β-unsaturated/α-hetero) is 2. The number of hydrogen-bond donors (Lipinski definition) is 0. The van der Waals surface area contributed by atoms with Gasteiger partial charge in [0.15, 0.2) is 0 Å². The molecule has 0 radical (unpaired) electrons. The van der Waals surface area contributed by atoms with E-state index in [2.05, 4.69) is 9.98 Å². The van der Waals surface area contributed by atoms with Gasteiger partial charge in [0.05, 0.1) is 13.1 Å². The second-order valence-corrected chi connectivity index (χ2v) is 5.76. The van der Waals surface area contributed by atoms with Crippen LogP contribution in [0.5, 0.6) is 0 Å². The van der Waals surface area contributed by atoms with Gasteiger partial charge in [-0.3, -0.25) is 19.6 Å². The molecule has 0 aromatic rings. The Kier molecular flexibility index (Phi) is 15.7. The van der Waals surface area contributed by atoms with Crippen molar-refractivity contribution in [2.45, 2.75) is 40.5 Å². The van der Waals surface area contributed by atoms with E-state index in [4.69, 9.17) is 20.3 Å². The van der Waals surface area contributed by atoms with Crippen LogP contribution in [-0.4, -0.2) is 36.1 Å². The molecule has 0 bridgehead atoms. The van der Waals surface area contributed by atoms with Gasteiger partial charge in [-0.1, -0.05) is 0 Å². The Morgan fingerprint density at radius 3 is 1.32 bits per heavy atom. The number of carbonyl (C=O) groups is 2. The average Bonchev–Trinajstić information content (AvgIpc) is 2.23. The SMILES string of the molecule is CC(=O)CC(C)=NCCN=C(C)CC(C)=O.[Cl][Co][Cl]. The molecule has 0 amide bonds. The minimum atomic E-state index is 0.123. The Hall–Kier alpha value is -0.234. The molecule has 0 aliphatic heterocycles. The van der Waals surface area contributed by atoms with Gasteiger partial charge in [0, 0.05) is 24.3 Å². The summed E-state index contributed by atoms with van der Waals surface area (Å²) in [6, 6.07) is 0. The van der Waals surface area contributed by atoms with Crippen molar-refractivity contribution < 1.29 is 22.5 Å². The van der Waals surface area contributed by atoms with Gasteiger partial charge in [-0.15, -0.1) is 0 Å². The molecule has 0 unspecified atom stereocenters. The monoisotopic (exact) mass is 353 g/mol. The Labute approximate surface area is 129 Å². The van der Waals surface area contributed by atoms with Gasteiger partial charge in [-0.2, -0.15) is 0 Å². The van der Waals surface area contributed by atoms with Crippen molar-refractivity contribution in [3.05, 3.63) is 0 Å². The van der Waals surface area contributed by atoms with E-state index < -0.39 is 0 Å². The molecule has 0 aliphatic rings. The van der Waals surface area contributed by atoms with E-state index in [1.54, 1.807) is 13.8 Å². The summed E-state index contributed by atoms with van der Waals surface area (Å²) >= 11 is 0.382. The fourth-order valence-electron chi connectivity index (χ4n) is 1.31. The number of carbonyl (C=O) groups excluding carboxylic acids is 2. The third-order valence-corrected chi connectivity index (χ3v) is 1.87. The number of halogens is 2. The van der Waals surface area contributed by atoms with E-state index in [0.717, 1.165) is 11.4 Å². The molecule has 0 heterocycles. The number of nitrogens with zero attached hydrogens (tertiary/aromatic N) is 2. The zero-order chi connectivity index (χ0) is 15.3. The third kappa shape index (κ3) is 20.3. The predicted molar refractivity (Wildman–Crippen MR) is 78.3 cm³/mol. The van der Waals surface area contributed by atoms with Gasteiger partial charge in [-0.25, -0.2) is 0 Å². The van der Waals surface area contributed by atoms with Crippen molar-refractivity contribution in [3.63, 3.8) is 0 Å². The zero-order valence-corrected chi connectivity index (χ0v) is 14.2. The molecule has 0 spiro atoms. The van der Waals surface area contributed by atoms with Gasteiger partial charge in [0.25, 0.3) is 0 Å². The van der Waals surface area contributed by atoms with Crippen LogP contribution in [0.25, 0.3) is 0 Å². The van der Waals surface area contributed by atoms with Crippen molar-refractivity contribution in [1.82, 2.24) is 0 Å². The summed E-state index contributed by atoms with van der Waals surface area (Å²) in [6.45, 7) is 7.94. The van der Waals surface area contributed by atoms with Crippen molar-refractivity contribution in [3.8, 4) is 0 Å². The quantitative estimate of drug-likeness (QED) is 0.521. The van der Waals surface area contributed by atoms with Crippen LogP contribution in [0.3, 0.4) is 0 Å². The molecule has 4 nitrogen and oxygen atoms in total. The molecule has 0 fully saturated rings.